The maximum absolute atomic E-state index is 12.7. The van der Waals surface area contributed by atoms with E-state index in [9.17, 15) is 14.3 Å². The van der Waals surface area contributed by atoms with Crippen LogP contribution in [-0.2, 0) is 27.9 Å². The predicted octanol–water partition coefficient (Wildman–Crippen LogP) is 13.0. The number of nitrogens with zero attached hydrogens (tertiary/aromatic N) is 1. The molecule has 8 nitrogen and oxygen atoms in total. The summed E-state index contributed by atoms with van der Waals surface area (Å²) in [5.74, 6) is -0.353. The average Bonchev–Trinajstić information content (AvgIpc) is 3.16. The lowest BCUT2D eigenvalue weighted by molar-refractivity contribution is -0.870. The lowest BCUT2D eigenvalue weighted by atomic mass is 10.1. The van der Waals surface area contributed by atoms with E-state index in [-0.39, 0.29) is 32.2 Å². The molecule has 0 saturated carbocycles. The molecule has 0 amide bonds. The van der Waals surface area contributed by atoms with Gasteiger partial charge in [0.25, 0.3) is 0 Å². The molecule has 2 unspecified atom stereocenters. The highest BCUT2D eigenvalue weighted by Crippen LogP contribution is 2.43. The Balaban J connectivity index is 4.29. The van der Waals surface area contributed by atoms with Crippen molar-refractivity contribution < 1.29 is 37.3 Å². The molecule has 0 aliphatic rings. The quantitative estimate of drug-likeness (QED) is 0.0217. The summed E-state index contributed by atoms with van der Waals surface area (Å²) >= 11 is 0. The Morgan fingerprint density at radius 1 is 0.544 bits per heavy atom. The standard InChI is InChI=1S/C48H82NO7P/c1-6-8-10-12-14-16-18-20-21-22-23-24-25-26-27-28-30-32-34-36-38-40-43-53-45-47(46-55-57(51,52)54-44-42-49(3,4)5)56-48(50)41-39-37-35-33-31-29-19-17-15-13-11-9-7-2/h8-11,14-17,20-21,23-24,26-27,29,31,47H,6-7,12-13,18-19,22,25,28,30,32-46H2,1-5H3/p+1/b10-8-,11-9-,16-14-,17-15-,21-20-,24-23-,27-26-,31-29-. The van der Waals surface area contributed by atoms with Crippen molar-refractivity contribution in [3.8, 4) is 0 Å². The fourth-order valence-corrected chi connectivity index (χ4v) is 6.04. The van der Waals surface area contributed by atoms with E-state index in [2.05, 4.69) is 111 Å². The maximum atomic E-state index is 12.7. The Morgan fingerprint density at radius 2 is 0.965 bits per heavy atom. The Kier molecular flexibility index (Phi) is 38.4. The van der Waals surface area contributed by atoms with Gasteiger partial charge in [-0.3, -0.25) is 13.8 Å². The molecule has 0 rings (SSSR count). The minimum atomic E-state index is -4.29. The monoisotopic (exact) mass is 817 g/mol. The maximum Gasteiger partial charge on any atom is 0.472 e. The number of ether oxygens (including phenoxy) is 2. The normalized spacial score (nSPS) is 14.7. The Bertz CT molecular complexity index is 1230. The van der Waals surface area contributed by atoms with E-state index < -0.39 is 13.9 Å². The van der Waals surface area contributed by atoms with Crippen molar-refractivity contribution in [3.05, 3.63) is 97.2 Å². The molecule has 0 radical (unpaired) electrons. The zero-order chi connectivity index (χ0) is 42.0. The number of rotatable bonds is 39. The molecule has 0 aromatic carbocycles. The third-order valence-corrected chi connectivity index (χ3v) is 9.63. The van der Waals surface area contributed by atoms with E-state index in [4.69, 9.17) is 18.5 Å². The number of esters is 1. The van der Waals surface area contributed by atoms with Gasteiger partial charge in [-0.25, -0.2) is 4.57 Å². The Morgan fingerprint density at radius 3 is 1.44 bits per heavy atom. The Hall–Kier alpha value is -2.58. The van der Waals surface area contributed by atoms with Crippen molar-refractivity contribution >= 4 is 13.8 Å². The van der Waals surface area contributed by atoms with Gasteiger partial charge in [0.05, 0.1) is 34.4 Å². The minimum Gasteiger partial charge on any atom is -0.457 e. The van der Waals surface area contributed by atoms with Crippen LogP contribution in [0.1, 0.15) is 142 Å². The van der Waals surface area contributed by atoms with Crippen LogP contribution in [0.2, 0.25) is 0 Å². The highest BCUT2D eigenvalue weighted by molar-refractivity contribution is 7.47. The van der Waals surface area contributed by atoms with Gasteiger partial charge in [-0.05, 0) is 89.9 Å². The summed E-state index contributed by atoms with van der Waals surface area (Å²) in [5, 5.41) is 0. The van der Waals surface area contributed by atoms with Crippen LogP contribution in [-0.4, -0.2) is 75.6 Å². The zero-order valence-electron chi connectivity index (χ0n) is 36.8. The summed E-state index contributed by atoms with van der Waals surface area (Å²) in [6.07, 6.45) is 54.5. The second-order valence-electron chi connectivity index (χ2n) is 15.3. The molecule has 57 heavy (non-hydrogen) atoms. The van der Waals surface area contributed by atoms with Crippen molar-refractivity contribution in [2.45, 2.75) is 148 Å². The average molecular weight is 817 g/mol. The van der Waals surface area contributed by atoms with Gasteiger partial charge in [0.2, 0.25) is 0 Å². The number of carbonyl (C=O) groups is 1. The van der Waals surface area contributed by atoms with E-state index in [0.717, 1.165) is 103 Å². The molecular formula is C48H83NO7P+. The molecule has 0 aliphatic carbocycles. The van der Waals surface area contributed by atoms with E-state index in [1.54, 1.807) is 0 Å². The fraction of sp³-hybridized carbons (Fsp3) is 0.646. The highest BCUT2D eigenvalue weighted by Gasteiger charge is 2.26. The largest absolute Gasteiger partial charge is 0.472 e. The van der Waals surface area contributed by atoms with E-state index in [0.29, 0.717) is 17.6 Å². The van der Waals surface area contributed by atoms with Gasteiger partial charge in [0, 0.05) is 13.0 Å². The number of unbranched alkanes of at least 4 members (excludes halogenated alkanes) is 9. The molecule has 0 aromatic rings. The van der Waals surface area contributed by atoms with E-state index >= 15 is 0 Å². The van der Waals surface area contributed by atoms with Crippen LogP contribution >= 0.6 is 7.82 Å². The second-order valence-corrected chi connectivity index (χ2v) is 16.8. The van der Waals surface area contributed by atoms with Gasteiger partial charge < -0.3 is 18.9 Å². The van der Waals surface area contributed by atoms with Gasteiger partial charge >= 0.3 is 13.8 Å². The van der Waals surface area contributed by atoms with E-state index in [1.807, 2.05) is 21.1 Å². The van der Waals surface area contributed by atoms with Crippen LogP contribution in [0.5, 0.6) is 0 Å². The molecule has 0 fully saturated rings. The summed E-state index contributed by atoms with van der Waals surface area (Å²) in [6, 6.07) is 0. The van der Waals surface area contributed by atoms with E-state index in [1.165, 1.54) is 19.3 Å². The molecule has 0 spiro atoms. The molecule has 0 bridgehead atoms. The molecule has 0 heterocycles. The van der Waals surface area contributed by atoms with Crippen LogP contribution in [0.3, 0.4) is 0 Å². The van der Waals surface area contributed by atoms with Gasteiger partial charge in [0.15, 0.2) is 0 Å². The van der Waals surface area contributed by atoms with Crippen molar-refractivity contribution in [1.29, 1.82) is 0 Å². The van der Waals surface area contributed by atoms with Crippen molar-refractivity contribution in [2.75, 3.05) is 54.1 Å². The number of phosphoric ester groups is 1. The van der Waals surface area contributed by atoms with Crippen molar-refractivity contribution in [2.24, 2.45) is 0 Å². The first-order valence-electron chi connectivity index (χ1n) is 22.0. The highest BCUT2D eigenvalue weighted by atomic mass is 31.2. The third-order valence-electron chi connectivity index (χ3n) is 8.64. The molecule has 0 aliphatic heterocycles. The van der Waals surface area contributed by atoms with Gasteiger partial charge in [-0.2, -0.15) is 0 Å². The number of quaternary nitrogens is 1. The molecule has 9 heteroatoms. The summed E-state index contributed by atoms with van der Waals surface area (Å²) in [6.45, 7) is 5.28. The van der Waals surface area contributed by atoms with Crippen LogP contribution < -0.4 is 0 Å². The number of likely N-dealkylation sites (N-methyl/N-ethyl adjacent to an activating group) is 1. The summed E-state index contributed by atoms with van der Waals surface area (Å²) in [4.78, 5) is 22.9. The third kappa shape index (κ3) is 44.4. The lowest BCUT2D eigenvalue weighted by Crippen LogP contribution is -2.37. The van der Waals surface area contributed by atoms with Gasteiger partial charge in [0.1, 0.15) is 19.3 Å². The summed E-state index contributed by atoms with van der Waals surface area (Å²) in [7, 11) is 1.62. The first-order chi connectivity index (χ1) is 27.6. The van der Waals surface area contributed by atoms with Gasteiger partial charge in [-0.15, -0.1) is 0 Å². The summed E-state index contributed by atoms with van der Waals surface area (Å²) < 4.78 is 34.9. The first kappa shape index (κ1) is 54.4. The lowest BCUT2D eigenvalue weighted by Gasteiger charge is -2.24. The molecular weight excluding hydrogens is 734 g/mol. The fourth-order valence-electron chi connectivity index (χ4n) is 5.30. The second kappa shape index (κ2) is 40.2. The smallest absolute Gasteiger partial charge is 0.457 e. The van der Waals surface area contributed by atoms with Gasteiger partial charge in [-0.1, -0.05) is 143 Å². The van der Waals surface area contributed by atoms with Crippen LogP contribution in [0.4, 0.5) is 0 Å². The number of allylic oxidation sites excluding steroid dienone is 16. The van der Waals surface area contributed by atoms with Crippen LogP contribution in [0.25, 0.3) is 0 Å². The number of hydrogen-bond donors (Lipinski definition) is 1. The Labute approximate surface area is 349 Å². The first-order valence-corrected chi connectivity index (χ1v) is 23.5. The SMILES string of the molecule is CC/C=C\C/C=C\C/C=C\C/C=C\C/C=C\CCCCCCCCOCC(COP(=O)(O)OCC[N+](C)(C)C)OC(=O)CCCCC/C=C\C/C=C\C/C=C\CC. The molecule has 1 N–H and O–H groups in total. The number of carbonyl (C=O) groups excluding carboxylic acids is 1. The summed E-state index contributed by atoms with van der Waals surface area (Å²) in [5.41, 5.74) is 0. The molecule has 2 atom stereocenters. The van der Waals surface area contributed by atoms with Crippen molar-refractivity contribution in [1.82, 2.24) is 0 Å². The van der Waals surface area contributed by atoms with Crippen molar-refractivity contribution in [3.63, 3.8) is 0 Å². The van der Waals surface area contributed by atoms with Crippen LogP contribution in [0.15, 0.2) is 97.2 Å². The molecule has 326 valence electrons. The van der Waals surface area contributed by atoms with Crippen LogP contribution in [0, 0.1) is 0 Å². The number of phosphoric acid groups is 1. The predicted molar refractivity (Wildman–Crippen MR) is 242 cm³/mol. The molecule has 0 saturated heterocycles. The molecule has 0 aromatic heterocycles. The minimum absolute atomic E-state index is 0.0736. The number of hydrogen-bond acceptors (Lipinski definition) is 6. The topological polar surface area (TPSA) is 91.3 Å². The zero-order valence-corrected chi connectivity index (χ0v) is 37.7.